The summed E-state index contributed by atoms with van der Waals surface area (Å²) in [6.45, 7) is 0.941. The summed E-state index contributed by atoms with van der Waals surface area (Å²) < 4.78 is 31.2. The number of rotatable bonds is 30. The summed E-state index contributed by atoms with van der Waals surface area (Å²) in [4.78, 5) is 32.7. The molecule has 0 saturated carbocycles. The molecule has 0 aliphatic carbocycles. The van der Waals surface area contributed by atoms with Crippen molar-refractivity contribution < 1.29 is 47.8 Å². The van der Waals surface area contributed by atoms with E-state index in [1.165, 1.54) is 38.5 Å². The number of esters is 2. The van der Waals surface area contributed by atoms with Gasteiger partial charge in [0, 0.05) is 13.3 Å². The summed E-state index contributed by atoms with van der Waals surface area (Å²) in [6, 6.07) is 0. The molecule has 0 spiro atoms. The van der Waals surface area contributed by atoms with Gasteiger partial charge in [0.1, 0.15) is 12.2 Å². The predicted molar refractivity (Wildman–Crippen MR) is 177 cm³/mol. The average molecular weight is 659 g/mol. The SMILES string of the molecule is CC/C=C\C/C=C\C/C=C\C/C=C\CCCCCCCCCCCCC(=O)OC(CO)COP(=O)(O)OCC(CO)OC(C)=O. The molecule has 0 aromatic heterocycles. The lowest BCUT2D eigenvalue weighted by Gasteiger charge is -2.20. The van der Waals surface area contributed by atoms with Crippen molar-refractivity contribution in [3.8, 4) is 0 Å². The summed E-state index contributed by atoms with van der Waals surface area (Å²) in [7, 11) is -4.59. The van der Waals surface area contributed by atoms with Crippen LogP contribution in [0.25, 0.3) is 0 Å². The fourth-order valence-corrected chi connectivity index (χ4v) is 4.95. The zero-order chi connectivity index (χ0) is 33.4. The molecule has 0 radical (unpaired) electrons. The largest absolute Gasteiger partial charge is 0.472 e. The molecule has 45 heavy (non-hydrogen) atoms. The third-order valence-electron chi connectivity index (χ3n) is 6.61. The Morgan fingerprint density at radius 3 is 1.53 bits per heavy atom. The van der Waals surface area contributed by atoms with Gasteiger partial charge >= 0.3 is 19.8 Å². The highest BCUT2D eigenvalue weighted by atomic mass is 31.2. The summed E-state index contributed by atoms with van der Waals surface area (Å²) in [5.74, 6) is -1.21. The van der Waals surface area contributed by atoms with Crippen LogP contribution in [0.15, 0.2) is 48.6 Å². The molecule has 0 rings (SSSR count). The number of aliphatic hydroxyl groups excluding tert-OH is 2. The van der Waals surface area contributed by atoms with E-state index in [9.17, 15) is 24.2 Å². The van der Waals surface area contributed by atoms with Gasteiger partial charge in [0.15, 0.2) is 0 Å². The fraction of sp³-hybridized carbons (Fsp3) is 0.706. The maximum absolute atomic E-state index is 12.1. The lowest BCUT2D eigenvalue weighted by atomic mass is 10.0. The van der Waals surface area contributed by atoms with E-state index in [2.05, 4.69) is 60.1 Å². The van der Waals surface area contributed by atoms with Crippen LogP contribution in [-0.4, -0.2) is 65.7 Å². The Labute approximate surface area is 271 Å². The molecule has 0 aromatic carbocycles. The van der Waals surface area contributed by atoms with Gasteiger partial charge in [-0.15, -0.1) is 0 Å². The van der Waals surface area contributed by atoms with Crippen LogP contribution in [0.5, 0.6) is 0 Å². The van der Waals surface area contributed by atoms with Crippen LogP contribution in [0.1, 0.15) is 117 Å². The smallest absolute Gasteiger partial charge is 0.458 e. The minimum absolute atomic E-state index is 0.184. The first-order chi connectivity index (χ1) is 21.7. The average Bonchev–Trinajstić information content (AvgIpc) is 3.01. The van der Waals surface area contributed by atoms with Crippen molar-refractivity contribution in [2.75, 3.05) is 26.4 Å². The second-order valence-corrected chi connectivity index (χ2v) is 12.3. The Kier molecular flexibility index (Phi) is 29.2. The van der Waals surface area contributed by atoms with Crippen molar-refractivity contribution in [3.05, 3.63) is 48.6 Å². The molecule has 0 amide bonds. The molecule has 260 valence electrons. The first kappa shape index (κ1) is 42.9. The molecule has 0 fully saturated rings. The number of ether oxygens (including phenoxy) is 2. The molecule has 0 aromatic rings. The molecule has 0 saturated heterocycles. The standard InChI is InChI=1S/C34H59O10P/c1-3-4-5-6-7-8-9-10-11-12-13-14-15-16-17-18-19-20-21-22-23-24-25-26-34(38)44-33(28-36)30-42-45(39,40)41-29-32(27-35)43-31(2)37/h4-5,7-8,10-11,13-14,32-33,35-36H,3,6,9,12,15-30H2,1-2H3,(H,39,40)/b5-4-,8-7-,11-10-,14-13-. The second-order valence-electron chi connectivity index (χ2n) is 10.8. The lowest BCUT2D eigenvalue weighted by Crippen LogP contribution is -2.28. The third kappa shape index (κ3) is 30.4. The second kappa shape index (κ2) is 30.6. The molecule has 0 bridgehead atoms. The highest BCUT2D eigenvalue weighted by molar-refractivity contribution is 7.47. The Morgan fingerprint density at radius 2 is 1.07 bits per heavy atom. The minimum Gasteiger partial charge on any atom is -0.458 e. The van der Waals surface area contributed by atoms with Crippen molar-refractivity contribution in [3.63, 3.8) is 0 Å². The highest BCUT2D eigenvalue weighted by Crippen LogP contribution is 2.43. The first-order valence-electron chi connectivity index (χ1n) is 16.5. The number of hydrogen-bond donors (Lipinski definition) is 3. The van der Waals surface area contributed by atoms with Crippen LogP contribution in [-0.2, 0) is 32.7 Å². The maximum atomic E-state index is 12.1. The number of allylic oxidation sites excluding steroid dienone is 8. The first-order valence-corrected chi connectivity index (χ1v) is 18.0. The van der Waals surface area contributed by atoms with Gasteiger partial charge in [-0.25, -0.2) is 4.57 Å². The molecule has 11 heteroatoms. The van der Waals surface area contributed by atoms with Gasteiger partial charge < -0.3 is 24.6 Å². The molecule has 3 atom stereocenters. The molecule has 0 heterocycles. The number of phosphoric ester groups is 1. The molecule has 0 aliphatic heterocycles. The van der Waals surface area contributed by atoms with Gasteiger partial charge in [0.05, 0.1) is 26.4 Å². The van der Waals surface area contributed by atoms with Crippen LogP contribution < -0.4 is 0 Å². The molecular weight excluding hydrogens is 599 g/mol. The monoisotopic (exact) mass is 658 g/mol. The van der Waals surface area contributed by atoms with E-state index < -0.39 is 58.4 Å². The quantitative estimate of drug-likeness (QED) is 0.0308. The summed E-state index contributed by atoms with van der Waals surface area (Å²) >= 11 is 0. The number of phosphoric acid groups is 1. The van der Waals surface area contributed by atoms with Crippen molar-refractivity contribution in [1.82, 2.24) is 0 Å². The number of carbonyl (C=O) groups is 2. The van der Waals surface area contributed by atoms with Gasteiger partial charge in [0.2, 0.25) is 0 Å². The highest BCUT2D eigenvalue weighted by Gasteiger charge is 2.27. The summed E-state index contributed by atoms with van der Waals surface area (Å²) in [5, 5.41) is 18.5. The predicted octanol–water partition coefficient (Wildman–Crippen LogP) is 7.43. The minimum atomic E-state index is -4.59. The van der Waals surface area contributed by atoms with Crippen LogP contribution in [0.4, 0.5) is 0 Å². The van der Waals surface area contributed by atoms with Crippen molar-refractivity contribution in [1.29, 1.82) is 0 Å². The molecule has 3 N–H and O–H groups in total. The van der Waals surface area contributed by atoms with Crippen molar-refractivity contribution >= 4 is 19.8 Å². The maximum Gasteiger partial charge on any atom is 0.472 e. The Bertz CT molecular complexity index is 899. The van der Waals surface area contributed by atoms with Gasteiger partial charge in [-0.1, -0.05) is 107 Å². The van der Waals surface area contributed by atoms with Gasteiger partial charge in [-0.2, -0.15) is 0 Å². The van der Waals surface area contributed by atoms with Gasteiger partial charge in [-0.05, 0) is 44.9 Å². The zero-order valence-corrected chi connectivity index (χ0v) is 28.5. The van der Waals surface area contributed by atoms with E-state index in [-0.39, 0.29) is 6.42 Å². The van der Waals surface area contributed by atoms with Crippen LogP contribution in [0.2, 0.25) is 0 Å². The van der Waals surface area contributed by atoms with E-state index in [4.69, 9.17) is 19.1 Å². The molecule has 3 unspecified atom stereocenters. The molecule has 0 aliphatic rings. The normalized spacial score (nSPS) is 14.9. The summed E-state index contributed by atoms with van der Waals surface area (Å²) in [5.41, 5.74) is 0. The van der Waals surface area contributed by atoms with Gasteiger partial charge in [0.25, 0.3) is 0 Å². The van der Waals surface area contributed by atoms with E-state index in [1.54, 1.807) is 0 Å². The number of hydrogen-bond acceptors (Lipinski definition) is 9. The molecular formula is C34H59O10P. The number of carbonyl (C=O) groups excluding carboxylic acids is 2. The van der Waals surface area contributed by atoms with Crippen LogP contribution in [0.3, 0.4) is 0 Å². The molecule has 10 nitrogen and oxygen atoms in total. The number of aliphatic hydroxyl groups is 2. The van der Waals surface area contributed by atoms with Crippen molar-refractivity contribution in [2.24, 2.45) is 0 Å². The Morgan fingerprint density at radius 1 is 0.644 bits per heavy atom. The Balaban J connectivity index is 3.71. The van der Waals surface area contributed by atoms with E-state index in [1.807, 2.05) is 0 Å². The van der Waals surface area contributed by atoms with Crippen LogP contribution >= 0.6 is 7.82 Å². The van der Waals surface area contributed by atoms with E-state index in [0.717, 1.165) is 58.3 Å². The topological polar surface area (TPSA) is 149 Å². The summed E-state index contributed by atoms with van der Waals surface area (Å²) in [6.07, 6.45) is 32.2. The van der Waals surface area contributed by atoms with E-state index in [0.29, 0.717) is 6.42 Å². The van der Waals surface area contributed by atoms with Gasteiger partial charge in [-0.3, -0.25) is 18.6 Å². The zero-order valence-electron chi connectivity index (χ0n) is 27.6. The Hall–Kier alpha value is -2.07. The van der Waals surface area contributed by atoms with E-state index >= 15 is 0 Å². The lowest BCUT2D eigenvalue weighted by molar-refractivity contribution is -0.153. The third-order valence-corrected chi connectivity index (χ3v) is 7.56. The number of unbranched alkanes of at least 4 members (excludes halogenated alkanes) is 10. The van der Waals surface area contributed by atoms with Crippen LogP contribution in [0, 0.1) is 0 Å². The fourth-order valence-electron chi connectivity index (χ4n) is 4.16. The van der Waals surface area contributed by atoms with Crippen molar-refractivity contribution in [2.45, 2.75) is 129 Å².